The van der Waals surface area contributed by atoms with Crippen LogP contribution in [0.4, 0.5) is 15.2 Å². The lowest BCUT2D eigenvalue weighted by molar-refractivity contribution is 0.102. The molecule has 0 aliphatic rings. The van der Waals surface area contributed by atoms with Crippen LogP contribution < -0.4 is 5.32 Å². The van der Waals surface area contributed by atoms with Gasteiger partial charge in [-0.05, 0) is 39.0 Å². The molecule has 154 valence electrons. The average molecular weight is 435 g/mol. The molecule has 0 fully saturated rings. The van der Waals surface area contributed by atoms with Crippen LogP contribution in [0.3, 0.4) is 0 Å². The third-order valence-corrected chi connectivity index (χ3v) is 6.45. The number of para-hydroxylation sites is 1. The molecule has 0 radical (unpaired) electrons. The Morgan fingerprint density at radius 3 is 2.83 bits per heavy atom. The molecule has 1 aromatic carbocycles. The van der Waals surface area contributed by atoms with E-state index >= 15 is 0 Å². The van der Waals surface area contributed by atoms with Gasteiger partial charge in [0.25, 0.3) is 0 Å². The maximum absolute atomic E-state index is 13.7. The quantitative estimate of drug-likeness (QED) is 0.377. The molecular formula is C20H23FN4O2S2. The fourth-order valence-corrected chi connectivity index (χ4v) is 4.90. The van der Waals surface area contributed by atoms with Gasteiger partial charge >= 0.3 is 0 Å². The van der Waals surface area contributed by atoms with Crippen molar-refractivity contribution in [3.8, 4) is 0 Å². The first-order valence-electron chi connectivity index (χ1n) is 9.09. The standard InChI is InChI=1S/C20H23FN4O2S2/c1-12-9-15(14(3)25(12)13(2)10-27-4)18(26)11-28-20-24-23-19(29-20)22-17-8-6-5-7-16(17)21/h5-9,13H,10-11H2,1-4H3,(H,22,23)/t13-/m0/s1. The van der Waals surface area contributed by atoms with Gasteiger partial charge in [-0.1, -0.05) is 35.2 Å². The van der Waals surface area contributed by atoms with Crippen LogP contribution in [0.1, 0.15) is 34.7 Å². The highest BCUT2D eigenvalue weighted by Crippen LogP contribution is 2.30. The van der Waals surface area contributed by atoms with Gasteiger partial charge in [0.05, 0.1) is 24.1 Å². The van der Waals surface area contributed by atoms with E-state index in [4.69, 9.17) is 4.74 Å². The number of Topliss-reactive ketones (excluding diaryl/α,β-unsaturated/α-hetero) is 1. The van der Waals surface area contributed by atoms with Gasteiger partial charge in [0.15, 0.2) is 10.1 Å². The first-order valence-corrected chi connectivity index (χ1v) is 10.9. The molecule has 0 spiro atoms. The van der Waals surface area contributed by atoms with Gasteiger partial charge in [-0.25, -0.2) is 4.39 Å². The molecule has 0 saturated heterocycles. The van der Waals surface area contributed by atoms with Crippen molar-refractivity contribution in [2.24, 2.45) is 0 Å². The number of carbonyl (C=O) groups is 1. The van der Waals surface area contributed by atoms with E-state index in [1.54, 1.807) is 25.3 Å². The fraction of sp³-hybridized carbons (Fsp3) is 0.350. The number of benzene rings is 1. The third-order valence-electron chi connectivity index (χ3n) is 4.48. The van der Waals surface area contributed by atoms with Crippen molar-refractivity contribution in [1.82, 2.24) is 14.8 Å². The monoisotopic (exact) mass is 434 g/mol. The Morgan fingerprint density at radius 1 is 1.34 bits per heavy atom. The lowest BCUT2D eigenvalue weighted by atomic mass is 10.2. The number of thioether (sulfide) groups is 1. The lowest BCUT2D eigenvalue weighted by Crippen LogP contribution is -2.14. The van der Waals surface area contributed by atoms with E-state index in [-0.39, 0.29) is 23.4 Å². The highest BCUT2D eigenvalue weighted by Gasteiger charge is 2.19. The minimum atomic E-state index is -0.356. The average Bonchev–Trinajstić information content (AvgIpc) is 3.25. The maximum atomic E-state index is 13.7. The van der Waals surface area contributed by atoms with E-state index in [0.717, 1.165) is 11.4 Å². The molecular weight excluding hydrogens is 411 g/mol. The molecule has 29 heavy (non-hydrogen) atoms. The zero-order valence-electron chi connectivity index (χ0n) is 16.7. The zero-order valence-corrected chi connectivity index (χ0v) is 18.4. The first kappa shape index (κ1) is 21.5. The van der Waals surface area contributed by atoms with Gasteiger partial charge in [0.2, 0.25) is 5.13 Å². The number of methoxy groups -OCH3 is 1. The van der Waals surface area contributed by atoms with Crippen LogP contribution in [-0.2, 0) is 4.74 Å². The van der Waals surface area contributed by atoms with Crippen LogP contribution >= 0.6 is 23.1 Å². The van der Waals surface area contributed by atoms with E-state index in [0.29, 0.717) is 27.3 Å². The van der Waals surface area contributed by atoms with Crippen LogP contribution in [0.2, 0.25) is 0 Å². The predicted octanol–water partition coefficient (Wildman–Crippen LogP) is 5.02. The van der Waals surface area contributed by atoms with Crippen LogP contribution in [0.5, 0.6) is 0 Å². The highest BCUT2D eigenvalue weighted by molar-refractivity contribution is 8.01. The third kappa shape index (κ3) is 5.04. The number of nitrogens with one attached hydrogen (secondary N) is 1. The largest absolute Gasteiger partial charge is 0.383 e. The summed E-state index contributed by atoms with van der Waals surface area (Å²) >= 11 is 2.62. The summed E-state index contributed by atoms with van der Waals surface area (Å²) in [6.45, 7) is 6.60. The molecule has 9 heteroatoms. The molecule has 0 bridgehead atoms. The number of rotatable bonds is 9. The van der Waals surface area contributed by atoms with Crippen LogP contribution in [0.25, 0.3) is 0 Å². The predicted molar refractivity (Wildman–Crippen MR) is 115 cm³/mol. The normalized spacial score (nSPS) is 12.2. The van der Waals surface area contributed by atoms with E-state index < -0.39 is 0 Å². The molecule has 2 aromatic heterocycles. The second-order valence-electron chi connectivity index (χ2n) is 6.65. The number of ether oxygens (including phenoxy) is 1. The van der Waals surface area contributed by atoms with Crippen molar-refractivity contribution >= 4 is 39.7 Å². The van der Waals surface area contributed by atoms with Crippen LogP contribution in [-0.4, -0.2) is 40.0 Å². The molecule has 2 heterocycles. The molecule has 3 rings (SSSR count). The summed E-state index contributed by atoms with van der Waals surface area (Å²) in [5.74, 6) is -0.0555. The summed E-state index contributed by atoms with van der Waals surface area (Å²) in [6.07, 6.45) is 0. The van der Waals surface area contributed by atoms with Crippen molar-refractivity contribution in [3.63, 3.8) is 0 Å². The molecule has 0 unspecified atom stereocenters. The lowest BCUT2D eigenvalue weighted by Gasteiger charge is -2.17. The van der Waals surface area contributed by atoms with E-state index in [9.17, 15) is 9.18 Å². The molecule has 1 atom stereocenters. The molecule has 0 aliphatic heterocycles. The number of halogens is 1. The number of aryl methyl sites for hydroxylation is 1. The number of hydrogen-bond donors (Lipinski definition) is 1. The first-order chi connectivity index (χ1) is 13.9. The van der Waals surface area contributed by atoms with Crippen molar-refractivity contribution in [2.45, 2.75) is 31.2 Å². The Bertz CT molecular complexity index is 1000. The van der Waals surface area contributed by atoms with Gasteiger partial charge in [0.1, 0.15) is 5.82 Å². The number of nitrogens with zero attached hydrogens (tertiary/aromatic N) is 3. The molecule has 3 aromatic rings. The summed E-state index contributed by atoms with van der Waals surface area (Å²) in [7, 11) is 1.67. The summed E-state index contributed by atoms with van der Waals surface area (Å²) in [6, 6.07) is 8.46. The summed E-state index contributed by atoms with van der Waals surface area (Å²) in [5.41, 5.74) is 3.03. The maximum Gasteiger partial charge on any atom is 0.210 e. The number of anilines is 2. The second-order valence-corrected chi connectivity index (χ2v) is 8.85. The summed E-state index contributed by atoms with van der Waals surface area (Å²) in [5, 5.41) is 11.5. The Hall–Kier alpha value is -2.23. The van der Waals surface area contributed by atoms with Crippen molar-refractivity contribution in [1.29, 1.82) is 0 Å². The van der Waals surface area contributed by atoms with E-state index in [2.05, 4.69) is 27.0 Å². The van der Waals surface area contributed by atoms with Gasteiger partial charge in [-0.3, -0.25) is 4.79 Å². The topological polar surface area (TPSA) is 69.0 Å². The number of aromatic nitrogens is 3. The van der Waals surface area contributed by atoms with Crippen molar-refractivity contribution in [3.05, 3.63) is 53.1 Å². The Kier molecular flexibility index (Phi) is 7.05. The van der Waals surface area contributed by atoms with E-state index in [1.165, 1.54) is 29.2 Å². The minimum absolute atomic E-state index is 0.0396. The summed E-state index contributed by atoms with van der Waals surface area (Å²) in [4.78, 5) is 12.8. The van der Waals surface area contributed by atoms with Gasteiger partial charge < -0.3 is 14.6 Å². The van der Waals surface area contributed by atoms with Crippen LogP contribution in [0.15, 0.2) is 34.7 Å². The van der Waals surface area contributed by atoms with Crippen molar-refractivity contribution in [2.75, 3.05) is 24.8 Å². The van der Waals surface area contributed by atoms with Gasteiger partial charge in [-0.2, -0.15) is 0 Å². The molecule has 0 aliphatic carbocycles. The number of carbonyl (C=O) groups excluding carboxylic acids is 1. The minimum Gasteiger partial charge on any atom is -0.383 e. The van der Waals surface area contributed by atoms with Gasteiger partial charge in [0, 0.05) is 24.1 Å². The second kappa shape index (κ2) is 9.51. The smallest absolute Gasteiger partial charge is 0.210 e. The zero-order chi connectivity index (χ0) is 21.0. The van der Waals surface area contributed by atoms with E-state index in [1.807, 2.05) is 19.9 Å². The van der Waals surface area contributed by atoms with Gasteiger partial charge in [-0.15, -0.1) is 10.2 Å². The number of ketones is 1. The fourth-order valence-electron chi connectivity index (χ4n) is 3.25. The molecule has 1 N–H and O–H groups in total. The summed E-state index contributed by atoms with van der Waals surface area (Å²) < 4.78 is 21.8. The van der Waals surface area contributed by atoms with Crippen LogP contribution in [0, 0.1) is 19.7 Å². The number of hydrogen-bond acceptors (Lipinski definition) is 7. The highest BCUT2D eigenvalue weighted by atomic mass is 32.2. The Morgan fingerprint density at radius 2 is 2.10 bits per heavy atom. The Balaban J connectivity index is 1.64. The SMILES string of the molecule is COC[C@H](C)n1c(C)cc(C(=O)CSc2nnc(Nc3ccccc3F)s2)c1C. The molecule has 0 amide bonds. The molecule has 6 nitrogen and oxygen atoms in total. The van der Waals surface area contributed by atoms with Crippen molar-refractivity contribution < 1.29 is 13.9 Å². The Labute approximate surface area is 177 Å². The molecule has 0 saturated carbocycles.